The summed E-state index contributed by atoms with van der Waals surface area (Å²) >= 11 is 12.0. The van der Waals surface area contributed by atoms with Gasteiger partial charge in [-0.05, 0) is 30.7 Å². The molecular formula is C17H16Cl2N2O4. The number of aromatic nitrogens is 2. The number of H-pyrrole nitrogens is 1. The number of aromatic hydroxyl groups is 1. The summed E-state index contributed by atoms with van der Waals surface area (Å²) in [6, 6.07) is 4.86. The predicted octanol–water partition coefficient (Wildman–Crippen LogP) is 3.25. The van der Waals surface area contributed by atoms with Crippen molar-refractivity contribution in [3.8, 4) is 5.88 Å². The Kier molecular flexibility index (Phi) is 6.22. The van der Waals surface area contributed by atoms with Gasteiger partial charge < -0.3 is 5.11 Å². The molecule has 0 aliphatic rings. The summed E-state index contributed by atoms with van der Waals surface area (Å²) in [5.74, 6) is -1.41. The zero-order valence-corrected chi connectivity index (χ0v) is 14.9. The maximum Gasteiger partial charge on any atom is 0.331 e. The van der Waals surface area contributed by atoms with Gasteiger partial charge >= 0.3 is 5.69 Å². The average Bonchev–Trinajstić information content (AvgIpc) is 2.54. The third-order valence-corrected chi connectivity index (χ3v) is 4.21. The Balaban J connectivity index is 2.44. The van der Waals surface area contributed by atoms with Crippen LogP contribution in [0.15, 0.2) is 33.9 Å². The zero-order chi connectivity index (χ0) is 18.6. The predicted molar refractivity (Wildman–Crippen MR) is 97.7 cm³/mol. The van der Waals surface area contributed by atoms with Crippen molar-refractivity contribution in [2.45, 2.75) is 26.3 Å². The lowest BCUT2D eigenvalue weighted by atomic mass is 10.1. The van der Waals surface area contributed by atoms with Crippen molar-refractivity contribution in [3.05, 3.63) is 66.3 Å². The number of benzene rings is 1. The van der Waals surface area contributed by atoms with Crippen LogP contribution < -0.4 is 11.2 Å². The van der Waals surface area contributed by atoms with Crippen molar-refractivity contribution >= 4 is 35.1 Å². The van der Waals surface area contributed by atoms with Crippen molar-refractivity contribution in [3.63, 3.8) is 0 Å². The molecule has 25 heavy (non-hydrogen) atoms. The highest BCUT2D eigenvalue weighted by atomic mass is 35.5. The minimum absolute atomic E-state index is 0.193. The topological polar surface area (TPSA) is 92.2 Å². The van der Waals surface area contributed by atoms with Crippen molar-refractivity contribution in [2.75, 3.05) is 0 Å². The number of hydrogen-bond acceptors (Lipinski definition) is 4. The van der Waals surface area contributed by atoms with Crippen LogP contribution in [0.2, 0.25) is 10.0 Å². The highest BCUT2D eigenvalue weighted by molar-refractivity contribution is 6.37. The summed E-state index contributed by atoms with van der Waals surface area (Å²) in [4.78, 5) is 38.1. The molecule has 0 radical (unpaired) electrons. The van der Waals surface area contributed by atoms with Crippen LogP contribution in [-0.2, 0) is 6.54 Å². The lowest BCUT2D eigenvalue weighted by Gasteiger charge is -2.09. The van der Waals surface area contributed by atoms with Gasteiger partial charge in [-0.25, -0.2) is 4.79 Å². The molecule has 0 spiro atoms. The molecular weight excluding hydrogens is 367 g/mol. The van der Waals surface area contributed by atoms with Crippen LogP contribution >= 0.6 is 23.2 Å². The van der Waals surface area contributed by atoms with E-state index in [-0.39, 0.29) is 6.54 Å². The number of rotatable bonds is 6. The Bertz CT molecular complexity index is 924. The Morgan fingerprint density at radius 2 is 1.92 bits per heavy atom. The summed E-state index contributed by atoms with van der Waals surface area (Å²) < 4.78 is 0.967. The van der Waals surface area contributed by atoms with Gasteiger partial charge in [0.1, 0.15) is 5.56 Å². The van der Waals surface area contributed by atoms with Crippen LogP contribution in [-0.4, -0.2) is 20.4 Å². The first kappa shape index (κ1) is 19.0. The van der Waals surface area contributed by atoms with E-state index in [1.807, 2.05) is 11.9 Å². The van der Waals surface area contributed by atoms with Crippen LogP contribution in [0.1, 0.15) is 35.7 Å². The van der Waals surface area contributed by atoms with E-state index in [1.165, 1.54) is 6.08 Å². The number of halogens is 2. The van der Waals surface area contributed by atoms with E-state index >= 15 is 0 Å². The average molecular weight is 383 g/mol. The maximum atomic E-state index is 12.4. The molecule has 6 nitrogen and oxygen atoms in total. The van der Waals surface area contributed by atoms with E-state index in [1.54, 1.807) is 18.2 Å². The Morgan fingerprint density at radius 3 is 2.52 bits per heavy atom. The lowest BCUT2D eigenvalue weighted by molar-refractivity contribution is 0.104. The molecule has 0 atom stereocenters. The van der Waals surface area contributed by atoms with Crippen LogP contribution in [0.3, 0.4) is 0 Å². The normalized spacial score (nSPS) is 11.2. The fraction of sp³-hybridized carbons (Fsp3) is 0.235. The van der Waals surface area contributed by atoms with Gasteiger partial charge in [0, 0.05) is 22.2 Å². The number of hydrogen-bond donors (Lipinski definition) is 2. The van der Waals surface area contributed by atoms with Gasteiger partial charge in [0.05, 0.1) is 0 Å². The quantitative estimate of drug-likeness (QED) is 0.592. The van der Waals surface area contributed by atoms with E-state index < -0.39 is 28.5 Å². The molecule has 0 fully saturated rings. The minimum atomic E-state index is -0.949. The lowest BCUT2D eigenvalue weighted by Crippen LogP contribution is -2.33. The van der Waals surface area contributed by atoms with Crippen molar-refractivity contribution in [2.24, 2.45) is 0 Å². The van der Waals surface area contributed by atoms with E-state index in [0.29, 0.717) is 22.0 Å². The number of unbranched alkanes of at least 4 members (excludes halogenated alkanes) is 1. The smallest absolute Gasteiger partial charge is 0.331 e. The second kappa shape index (κ2) is 8.18. The van der Waals surface area contributed by atoms with Crippen LogP contribution in [0, 0.1) is 0 Å². The van der Waals surface area contributed by atoms with E-state index in [2.05, 4.69) is 0 Å². The molecule has 1 aromatic carbocycles. The molecule has 8 heteroatoms. The number of aromatic amines is 1. The highest BCUT2D eigenvalue weighted by Crippen LogP contribution is 2.25. The third kappa shape index (κ3) is 4.21. The largest absolute Gasteiger partial charge is 0.494 e. The number of nitrogens with one attached hydrogen (secondary N) is 1. The summed E-state index contributed by atoms with van der Waals surface area (Å²) in [6.07, 6.45) is 3.82. The first-order valence-corrected chi connectivity index (χ1v) is 8.35. The van der Waals surface area contributed by atoms with Gasteiger partial charge in [0.15, 0.2) is 5.78 Å². The molecule has 132 valence electrons. The second-order valence-electron chi connectivity index (χ2n) is 5.30. The fourth-order valence-corrected chi connectivity index (χ4v) is 2.74. The molecule has 0 saturated carbocycles. The molecule has 2 rings (SSSR count). The molecule has 0 unspecified atom stereocenters. The summed E-state index contributed by atoms with van der Waals surface area (Å²) in [5, 5.41) is 10.9. The van der Waals surface area contributed by atoms with Gasteiger partial charge in [-0.3, -0.25) is 19.1 Å². The SMILES string of the molecule is CCCCn1c(O)c(C(=O)/C=C/c2c(Cl)cccc2Cl)c(=O)[nH]c1=O. The molecule has 0 aliphatic carbocycles. The van der Waals surface area contributed by atoms with Crippen LogP contribution in [0.4, 0.5) is 0 Å². The number of ketones is 1. The molecule has 1 aromatic heterocycles. The van der Waals surface area contributed by atoms with Crippen molar-refractivity contribution in [1.82, 2.24) is 9.55 Å². The van der Waals surface area contributed by atoms with Gasteiger partial charge in [0.2, 0.25) is 5.88 Å². The maximum absolute atomic E-state index is 12.4. The number of nitrogens with zero attached hydrogens (tertiary/aromatic N) is 1. The standard InChI is InChI=1S/C17H16Cl2N2O4/c1-2-3-9-21-16(24)14(15(23)20-17(21)25)13(22)8-7-10-11(18)5-4-6-12(10)19/h4-8,24H,2-3,9H2,1H3,(H,20,23,25)/b8-7+. The first-order chi connectivity index (χ1) is 11.9. The monoisotopic (exact) mass is 382 g/mol. The minimum Gasteiger partial charge on any atom is -0.494 e. The molecule has 0 aliphatic heterocycles. The third-order valence-electron chi connectivity index (χ3n) is 3.55. The first-order valence-electron chi connectivity index (χ1n) is 7.59. The Hall–Kier alpha value is -2.31. The molecule has 0 saturated heterocycles. The number of carbonyl (C=O) groups excluding carboxylic acids is 1. The number of carbonyl (C=O) groups is 1. The summed E-state index contributed by atoms with van der Waals surface area (Å²) in [5.41, 5.74) is -1.80. The van der Waals surface area contributed by atoms with Gasteiger partial charge in [-0.2, -0.15) is 0 Å². The molecule has 2 N–H and O–H groups in total. The number of allylic oxidation sites excluding steroid dienone is 1. The van der Waals surface area contributed by atoms with E-state index in [0.717, 1.165) is 17.1 Å². The Morgan fingerprint density at radius 1 is 1.28 bits per heavy atom. The van der Waals surface area contributed by atoms with Crippen molar-refractivity contribution in [1.29, 1.82) is 0 Å². The molecule has 0 amide bonds. The summed E-state index contributed by atoms with van der Waals surface area (Å²) in [6.45, 7) is 2.11. The highest BCUT2D eigenvalue weighted by Gasteiger charge is 2.19. The van der Waals surface area contributed by atoms with Gasteiger partial charge in [-0.15, -0.1) is 0 Å². The fourth-order valence-electron chi connectivity index (χ4n) is 2.22. The molecule has 2 aromatic rings. The van der Waals surface area contributed by atoms with Crippen molar-refractivity contribution < 1.29 is 9.90 Å². The van der Waals surface area contributed by atoms with Crippen LogP contribution in [0.5, 0.6) is 5.88 Å². The van der Waals surface area contributed by atoms with Gasteiger partial charge in [-0.1, -0.05) is 42.6 Å². The van der Waals surface area contributed by atoms with E-state index in [9.17, 15) is 19.5 Å². The van der Waals surface area contributed by atoms with Gasteiger partial charge in [0.25, 0.3) is 5.56 Å². The van der Waals surface area contributed by atoms with Crippen LogP contribution in [0.25, 0.3) is 6.08 Å². The zero-order valence-electron chi connectivity index (χ0n) is 13.4. The Labute approximate surface area is 153 Å². The summed E-state index contributed by atoms with van der Waals surface area (Å²) in [7, 11) is 0. The van der Waals surface area contributed by atoms with E-state index in [4.69, 9.17) is 23.2 Å². The molecule has 1 heterocycles. The molecule has 0 bridgehead atoms. The second-order valence-corrected chi connectivity index (χ2v) is 6.11.